The molecule has 0 saturated carbocycles. The molecule has 5 nitrogen and oxygen atoms in total. The maximum absolute atomic E-state index is 13.1. The van der Waals surface area contributed by atoms with Crippen molar-refractivity contribution in [2.24, 2.45) is 0 Å². The summed E-state index contributed by atoms with van der Waals surface area (Å²) in [6, 6.07) is 8.71. The molecule has 1 saturated heterocycles. The molecule has 0 bridgehead atoms. The molecule has 134 valence electrons. The molecule has 1 atom stereocenters. The fourth-order valence-corrected chi connectivity index (χ4v) is 5.67. The summed E-state index contributed by atoms with van der Waals surface area (Å²) in [5.74, 6) is 0.627. The second-order valence-corrected chi connectivity index (χ2v) is 9.48. The number of rotatable bonds is 5. The Morgan fingerprint density at radius 2 is 2.16 bits per heavy atom. The van der Waals surface area contributed by atoms with Crippen LogP contribution < -0.4 is 4.74 Å². The van der Waals surface area contributed by atoms with Crippen LogP contribution in [0.3, 0.4) is 0 Å². The van der Waals surface area contributed by atoms with Crippen molar-refractivity contribution in [1.29, 1.82) is 0 Å². The van der Waals surface area contributed by atoms with Gasteiger partial charge in [-0.2, -0.15) is 0 Å². The fraction of sp³-hybridized carbons (Fsp3) is 0.389. The molecule has 1 aliphatic rings. The van der Waals surface area contributed by atoms with Gasteiger partial charge in [0.1, 0.15) is 5.75 Å². The van der Waals surface area contributed by atoms with Crippen LogP contribution in [-0.4, -0.2) is 43.9 Å². The van der Waals surface area contributed by atoms with E-state index in [1.54, 1.807) is 47.6 Å². The van der Waals surface area contributed by atoms with Crippen LogP contribution in [0.1, 0.15) is 27.2 Å². The van der Waals surface area contributed by atoms with E-state index in [2.05, 4.69) is 0 Å². The highest BCUT2D eigenvalue weighted by molar-refractivity contribution is 7.91. The first-order chi connectivity index (χ1) is 11.9. The molecule has 1 aromatic heterocycles. The van der Waals surface area contributed by atoms with Gasteiger partial charge in [0.05, 0.1) is 25.2 Å². The highest BCUT2D eigenvalue weighted by Gasteiger charge is 2.35. The van der Waals surface area contributed by atoms with Gasteiger partial charge in [-0.25, -0.2) is 8.42 Å². The topological polar surface area (TPSA) is 63.7 Å². The number of hydrogen-bond acceptors (Lipinski definition) is 5. The van der Waals surface area contributed by atoms with Crippen LogP contribution in [0.15, 0.2) is 35.7 Å². The van der Waals surface area contributed by atoms with Crippen molar-refractivity contribution < 1.29 is 17.9 Å². The van der Waals surface area contributed by atoms with Crippen LogP contribution in [0.4, 0.5) is 0 Å². The van der Waals surface area contributed by atoms with Gasteiger partial charge in [-0.15, -0.1) is 11.3 Å². The number of ether oxygens (including phenoxy) is 1. The highest BCUT2D eigenvalue weighted by atomic mass is 32.2. The normalized spacial score (nSPS) is 18.9. The second kappa shape index (κ2) is 7.17. The van der Waals surface area contributed by atoms with Crippen LogP contribution in [0.25, 0.3) is 0 Å². The summed E-state index contributed by atoms with van der Waals surface area (Å²) in [4.78, 5) is 15.9. The van der Waals surface area contributed by atoms with E-state index in [-0.39, 0.29) is 23.5 Å². The smallest absolute Gasteiger partial charge is 0.254 e. The summed E-state index contributed by atoms with van der Waals surface area (Å²) in [5.41, 5.74) is 1.63. The van der Waals surface area contributed by atoms with Crippen molar-refractivity contribution >= 4 is 27.1 Å². The Hall–Kier alpha value is -1.86. The highest BCUT2D eigenvalue weighted by Crippen LogP contribution is 2.26. The maximum atomic E-state index is 13.1. The number of amides is 1. The summed E-state index contributed by atoms with van der Waals surface area (Å²) < 4.78 is 29.0. The van der Waals surface area contributed by atoms with Crippen LogP contribution in [-0.2, 0) is 16.4 Å². The van der Waals surface area contributed by atoms with Crippen molar-refractivity contribution in [1.82, 2.24) is 4.90 Å². The molecule has 2 heterocycles. The van der Waals surface area contributed by atoms with Gasteiger partial charge in [0.25, 0.3) is 5.91 Å². The summed E-state index contributed by atoms with van der Waals surface area (Å²) in [5, 5.41) is 1.99. The number of methoxy groups -OCH3 is 1. The van der Waals surface area contributed by atoms with Gasteiger partial charge in [-0.05, 0) is 48.6 Å². The lowest BCUT2D eigenvalue weighted by Gasteiger charge is -2.28. The van der Waals surface area contributed by atoms with Gasteiger partial charge in [0.15, 0.2) is 9.84 Å². The van der Waals surface area contributed by atoms with Crippen molar-refractivity contribution in [3.8, 4) is 5.75 Å². The van der Waals surface area contributed by atoms with E-state index in [1.807, 2.05) is 18.4 Å². The van der Waals surface area contributed by atoms with Gasteiger partial charge < -0.3 is 9.64 Å². The average Bonchev–Trinajstić information content (AvgIpc) is 3.17. The lowest BCUT2D eigenvalue weighted by molar-refractivity contribution is 0.0682. The first-order valence-corrected chi connectivity index (χ1v) is 10.8. The molecule has 1 fully saturated rings. The quantitative estimate of drug-likeness (QED) is 0.801. The van der Waals surface area contributed by atoms with Crippen molar-refractivity contribution in [3.05, 3.63) is 51.7 Å². The van der Waals surface area contributed by atoms with Crippen LogP contribution in [0.5, 0.6) is 5.75 Å². The van der Waals surface area contributed by atoms with E-state index in [0.29, 0.717) is 24.3 Å². The van der Waals surface area contributed by atoms with Crippen LogP contribution >= 0.6 is 11.3 Å². The predicted molar refractivity (Wildman–Crippen MR) is 99.0 cm³/mol. The minimum atomic E-state index is -3.07. The molecule has 0 N–H and O–H groups in total. The van der Waals surface area contributed by atoms with E-state index in [4.69, 9.17) is 4.74 Å². The van der Waals surface area contributed by atoms with Gasteiger partial charge in [0, 0.05) is 16.5 Å². The molecule has 7 heteroatoms. The second-order valence-electron chi connectivity index (χ2n) is 6.25. The van der Waals surface area contributed by atoms with Crippen molar-refractivity contribution in [2.75, 3.05) is 18.6 Å². The Balaban J connectivity index is 1.92. The SMILES string of the molecule is COc1cccc(C(=O)N(Cc2sccc2C)[C@H]2CCS(=O)(=O)C2)c1. The molecular weight excluding hydrogens is 358 g/mol. The number of nitrogens with zero attached hydrogens (tertiary/aromatic N) is 1. The Labute approximate surface area is 152 Å². The molecule has 1 aromatic carbocycles. The predicted octanol–water partition coefficient (Wildman–Crippen LogP) is 2.89. The lowest BCUT2D eigenvalue weighted by Crippen LogP contribution is -2.40. The van der Waals surface area contributed by atoms with E-state index in [1.165, 1.54) is 0 Å². The van der Waals surface area contributed by atoms with E-state index in [9.17, 15) is 13.2 Å². The van der Waals surface area contributed by atoms with Crippen LogP contribution in [0, 0.1) is 6.92 Å². The third-order valence-corrected chi connectivity index (χ3v) is 7.27. The molecular formula is C18H21NO4S2. The monoisotopic (exact) mass is 379 g/mol. The van der Waals surface area contributed by atoms with Gasteiger partial charge in [-0.3, -0.25) is 4.79 Å². The molecule has 0 aliphatic carbocycles. The molecule has 25 heavy (non-hydrogen) atoms. The largest absolute Gasteiger partial charge is 0.497 e. The van der Waals surface area contributed by atoms with E-state index >= 15 is 0 Å². The number of thiophene rings is 1. The van der Waals surface area contributed by atoms with E-state index < -0.39 is 9.84 Å². The fourth-order valence-electron chi connectivity index (χ4n) is 3.03. The molecule has 0 unspecified atom stereocenters. The first kappa shape index (κ1) is 17.9. The number of aryl methyl sites for hydroxylation is 1. The minimum absolute atomic E-state index is 0.0349. The zero-order valence-electron chi connectivity index (χ0n) is 14.3. The van der Waals surface area contributed by atoms with Gasteiger partial charge in [-0.1, -0.05) is 6.07 Å². The Bertz CT molecular complexity index is 873. The standard InChI is InChI=1S/C18H21NO4S2/c1-13-6-8-24-17(13)11-19(15-7-9-25(21,22)12-15)18(20)14-4-3-5-16(10-14)23-2/h3-6,8,10,15H,7,9,11-12H2,1-2H3/t15-/m0/s1. The molecule has 0 spiro atoms. The lowest BCUT2D eigenvalue weighted by atomic mass is 10.1. The number of sulfone groups is 1. The Morgan fingerprint density at radius 1 is 1.36 bits per heavy atom. The zero-order chi connectivity index (χ0) is 18.0. The number of carbonyl (C=O) groups is 1. The van der Waals surface area contributed by atoms with Crippen molar-refractivity contribution in [2.45, 2.75) is 25.9 Å². The van der Waals surface area contributed by atoms with Crippen molar-refractivity contribution in [3.63, 3.8) is 0 Å². The number of carbonyl (C=O) groups excluding carboxylic acids is 1. The summed E-state index contributed by atoms with van der Waals surface area (Å²) in [6.45, 7) is 2.44. The summed E-state index contributed by atoms with van der Waals surface area (Å²) in [6.07, 6.45) is 0.489. The zero-order valence-corrected chi connectivity index (χ0v) is 15.9. The van der Waals surface area contributed by atoms with Crippen LogP contribution in [0.2, 0.25) is 0 Å². The average molecular weight is 380 g/mol. The summed E-state index contributed by atoms with van der Waals surface area (Å²) >= 11 is 1.59. The van der Waals surface area contributed by atoms with Gasteiger partial charge >= 0.3 is 0 Å². The van der Waals surface area contributed by atoms with E-state index in [0.717, 1.165) is 10.4 Å². The van der Waals surface area contributed by atoms with Gasteiger partial charge in [0.2, 0.25) is 0 Å². The maximum Gasteiger partial charge on any atom is 0.254 e. The Kier molecular flexibility index (Phi) is 5.15. The first-order valence-electron chi connectivity index (χ1n) is 8.08. The third-order valence-electron chi connectivity index (χ3n) is 4.51. The minimum Gasteiger partial charge on any atom is -0.497 e. The summed E-state index contributed by atoms with van der Waals surface area (Å²) in [7, 11) is -1.52. The number of hydrogen-bond donors (Lipinski definition) is 0. The molecule has 2 aromatic rings. The molecule has 3 rings (SSSR count). The molecule has 1 amide bonds. The number of benzene rings is 1. The Morgan fingerprint density at radius 3 is 2.76 bits per heavy atom. The third kappa shape index (κ3) is 4.04. The molecule has 1 aliphatic heterocycles. The molecule has 0 radical (unpaired) electrons.